The average molecular weight is 196 g/mol. The van der Waals surface area contributed by atoms with Gasteiger partial charge in [-0.2, -0.15) is 0 Å². The highest BCUT2D eigenvalue weighted by atomic mass is 16.6. The van der Waals surface area contributed by atoms with Gasteiger partial charge in [0.25, 0.3) is 0 Å². The lowest BCUT2D eigenvalue weighted by molar-refractivity contribution is -0.191. The van der Waals surface area contributed by atoms with Crippen LogP contribution in [-0.4, -0.2) is 63.9 Å². The molecule has 0 heterocycles. The summed E-state index contributed by atoms with van der Waals surface area (Å²) in [5, 5.41) is 44.7. The van der Waals surface area contributed by atoms with Crippen molar-refractivity contribution < 1.29 is 30.3 Å². The van der Waals surface area contributed by atoms with Crippen molar-refractivity contribution in [1.82, 2.24) is 0 Å². The van der Waals surface area contributed by atoms with Gasteiger partial charge in [0.1, 0.15) is 12.2 Å². The first kappa shape index (κ1) is 12.8. The molecule has 0 aromatic heterocycles. The third-order valence-corrected chi connectivity index (χ3v) is 1.70. The fraction of sp³-hybridized carbons (Fsp3) is 1.00. The fourth-order valence-corrected chi connectivity index (χ4v) is 0.839. The molecule has 4 atom stereocenters. The van der Waals surface area contributed by atoms with E-state index in [4.69, 9.17) is 25.5 Å². The summed E-state index contributed by atoms with van der Waals surface area (Å²) in [5.74, 6) is 0. The summed E-state index contributed by atoms with van der Waals surface area (Å²) in [4.78, 5) is 0. The first-order valence-corrected chi connectivity index (χ1v) is 3.90. The Morgan fingerprint density at radius 1 is 1.08 bits per heavy atom. The zero-order valence-electron chi connectivity index (χ0n) is 7.37. The van der Waals surface area contributed by atoms with Crippen LogP contribution >= 0.6 is 0 Å². The number of ether oxygens (including phenoxy) is 1. The molecule has 0 amide bonds. The van der Waals surface area contributed by atoms with E-state index in [2.05, 4.69) is 4.74 Å². The molecule has 0 aromatic carbocycles. The van der Waals surface area contributed by atoms with Gasteiger partial charge in [0.05, 0.1) is 6.10 Å². The molecule has 0 bridgehead atoms. The van der Waals surface area contributed by atoms with Crippen molar-refractivity contribution in [2.45, 2.75) is 31.0 Å². The van der Waals surface area contributed by atoms with Gasteiger partial charge in [0.2, 0.25) is 0 Å². The normalized spacial score (nSPS) is 20.8. The van der Waals surface area contributed by atoms with Gasteiger partial charge in [-0.05, 0) is 6.42 Å². The Morgan fingerprint density at radius 2 is 1.62 bits per heavy atom. The second-order valence-electron chi connectivity index (χ2n) is 2.69. The lowest BCUT2D eigenvalue weighted by Gasteiger charge is -2.25. The van der Waals surface area contributed by atoms with E-state index in [1.807, 2.05) is 0 Å². The summed E-state index contributed by atoms with van der Waals surface area (Å²) < 4.78 is 4.33. The van der Waals surface area contributed by atoms with Gasteiger partial charge in [-0.25, -0.2) is 0 Å². The summed E-state index contributed by atoms with van der Waals surface area (Å²) in [7, 11) is 1.15. The van der Waals surface area contributed by atoms with Gasteiger partial charge < -0.3 is 30.3 Å². The lowest BCUT2D eigenvalue weighted by Crippen LogP contribution is -2.45. The molecule has 0 aliphatic carbocycles. The van der Waals surface area contributed by atoms with Gasteiger partial charge in [0, 0.05) is 13.7 Å². The fourth-order valence-electron chi connectivity index (χ4n) is 0.839. The summed E-state index contributed by atoms with van der Waals surface area (Å²) in [5.41, 5.74) is 0. The molecule has 0 fully saturated rings. The van der Waals surface area contributed by atoms with Crippen LogP contribution in [0, 0.1) is 0 Å². The molecule has 1 unspecified atom stereocenters. The third-order valence-electron chi connectivity index (χ3n) is 1.70. The number of aliphatic hydroxyl groups is 5. The lowest BCUT2D eigenvalue weighted by atomic mass is 10.1. The minimum Gasteiger partial charge on any atom is -0.396 e. The molecule has 13 heavy (non-hydrogen) atoms. The Balaban J connectivity index is 3.99. The number of hydrogen-bond acceptors (Lipinski definition) is 6. The Kier molecular flexibility index (Phi) is 6.13. The first-order valence-electron chi connectivity index (χ1n) is 3.90. The molecule has 0 saturated carbocycles. The van der Waals surface area contributed by atoms with E-state index in [0.29, 0.717) is 0 Å². The topological polar surface area (TPSA) is 110 Å². The quantitative estimate of drug-likeness (QED) is 0.298. The molecule has 0 radical (unpaired) electrons. The van der Waals surface area contributed by atoms with E-state index in [0.717, 1.165) is 7.11 Å². The van der Waals surface area contributed by atoms with Crippen molar-refractivity contribution in [3.05, 3.63) is 0 Å². The molecular formula is C7H16O6. The molecule has 0 aromatic rings. The Bertz CT molecular complexity index is 130. The van der Waals surface area contributed by atoms with Gasteiger partial charge in [-0.15, -0.1) is 0 Å². The largest absolute Gasteiger partial charge is 0.396 e. The molecule has 5 N–H and O–H groups in total. The van der Waals surface area contributed by atoms with E-state index < -0.39 is 24.6 Å². The van der Waals surface area contributed by atoms with Crippen LogP contribution in [0.5, 0.6) is 0 Å². The van der Waals surface area contributed by atoms with E-state index in [1.54, 1.807) is 0 Å². The number of methoxy groups -OCH3 is 1. The van der Waals surface area contributed by atoms with Crippen LogP contribution in [0.1, 0.15) is 6.42 Å². The Hall–Kier alpha value is -0.240. The SMILES string of the molecule is CO[C@H](O)C(O)[C@@H](O)[C@H](O)CCO. The molecule has 0 rings (SSSR count). The molecular weight excluding hydrogens is 180 g/mol. The monoisotopic (exact) mass is 196 g/mol. The molecule has 6 nitrogen and oxygen atoms in total. The van der Waals surface area contributed by atoms with E-state index in [9.17, 15) is 0 Å². The van der Waals surface area contributed by atoms with Crippen molar-refractivity contribution in [3.8, 4) is 0 Å². The summed E-state index contributed by atoms with van der Waals surface area (Å²) in [6, 6.07) is 0. The van der Waals surface area contributed by atoms with E-state index >= 15 is 0 Å². The average Bonchev–Trinajstić information content (AvgIpc) is 2.14. The highest BCUT2D eigenvalue weighted by Crippen LogP contribution is 2.07. The molecule has 0 aliphatic rings. The highest BCUT2D eigenvalue weighted by molar-refractivity contribution is 4.76. The predicted molar refractivity (Wildman–Crippen MR) is 42.7 cm³/mol. The second kappa shape index (κ2) is 6.25. The molecule has 0 aliphatic heterocycles. The van der Waals surface area contributed by atoms with E-state index in [1.165, 1.54) is 0 Å². The highest BCUT2D eigenvalue weighted by Gasteiger charge is 2.29. The summed E-state index contributed by atoms with van der Waals surface area (Å²) in [6.45, 7) is -0.311. The second-order valence-corrected chi connectivity index (χ2v) is 2.69. The van der Waals surface area contributed by atoms with Crippen molar-refractivity contribution in [2.24, 2.45) is 0 Å². The molecule has 0 spiro atoms. The van der Waals surface area contributed by atoms with Crippen molar-refractivity contribution in [1.29, 1.82) is 0 Å². The minimum absolute atomic E-state index is 0.0747. The predicted octanol–water partition coefficient (Wildman–Crippen LogP) is -2.58. The summed E-state index contributed by atoms with van der Waals surface area (Å²) >= 11 is 0. The van der Waals surface area contributed by atoms with Crippen molar-refractivity contribution in [2.75, 3.05) is 13.7 Å². The minimum atomic E-state index is -1.59. The standard InChI is InChI=1S/C7H16O6/c1-13-7(12)6(11)5(10)4(9)2-3-8/h4-12H,2-3H2,1H3/t4-,5+,6?,7+/m1/s1. The van der Waals surface area contributed by atoms with Crippen molar-refractivity contribution in [3.63, 3.8) is 0 Å². The van der Waals surface area contributed by atoms with Crippen LogP contribution in [0.4, 0.5) is 0 Å². The van der Waals surface area contributed by atoms with Crippen LogP contribution in [0.25, 0.3) is 0 Å². The van der Waals surface area contributed by atoms with Gasteiger partial charge >= 0.3 is 0 Å². The maximum Gasteiger partial charge on any atom is 0.183 e. The third kappa shape index (κ3) is 3.99. The van der Waals surface area contributed by atoms with Crippen LogP contribution in [0.15, 0.2) is 0 Å². The Labute approximate surface area is 76.0 Å². The zero-order chi connectivity index (χ0) is 10.4. The maximum atomic E-state index is 9.17. The summed E-state index contributed by atoms with van der Waals surface area (Å²) in [6.07, 6.45) is -6.05. The molecule has 0 saturated heterocycles. The maximum absolute atomic E-state index is 9.17. The van der Waals surface area contributed by atoms with Crippen LogP contribution in [0.3, 0.4) is 0 Å². The van der Waals surface area contributed by atoms with Crippen LogP contribution in [-0.2, 0) is 4.74 Å². The number of hydrogen-bond donors (Lipinski definition) is 5. The zero-order valence-corrected chi connectivity index (χ0v) is 7.37. The van der Waals surface area contributed by atoms with Crippen molar-refractivity contribution >= 4 is 0 Å². The molecule has 80 valence electrons. The van der Waals surface area contributed by atoms with Gasteiger partial charge in [-0.1, -0.05) is 0 Å². The van der Waals surface area contributed by atoms with Gasteiger partial charge in [-0.3, -0.25) is 0 Å². The Morgan fingerprint density at radius 3 is 2.00 bits per heavy atom. The van der Waals surface area contributed by atoms with Gasteiger partial charge in [0.15, 0.2) is 6.29 Å². The smallest absolute Gasteiger partial charge is 0.183 e. The van der Waals surface area contributed by atoms with Crippen LogP contribution in [0.2, 0.25) is 0 Å². The van der Waals surface area contributed by atoms with Crippen LogP contribution < -0.4 is 0 Å². The van der Waals surface area contributed by atoms with E-state index in [-0.39, 0.29) is 13.0 Å². The number of aliphatic hydroxyl groups excluding tert-OH is 5. The number of rotatable bonds is 6. The molecule has 6 heteroatoms. The first-order chi connectivity index (χ1) is 6.04.